The van der Waals surface area contributed by atoms with Crippen molar-refractivity contribution in [3.05, 3.63) is 47.9 Å². The third kappa shape index (κ3) is 4.87. The quantitative estimate of drug-likeness (QED) is 0.783. The van der Waals surface area contributed by atoms with E-state index in [1.54, 1.807) is 0 Å². The number of anilines is 1. The van der Waals surface area contributed by atoms with Gasteiger partial charge in [-0.3, -0.25) is 4.79 Å². The molecular formula is C16H20N2O3. The average molecular weight is 288 g/mol. The molecule has 0 saturated carbocycles. The molecule has 0 aliphatic heterocycles. The summed E-state index contributed by atoms with van der Waals surface area (Å²) in [7, 11) is 0. The van der Waals surface area contributed by atoms with Crippen LogP contribution >= 0.6 is 0 Å². The predicted molar refractivity (Wildman–Crippen MR) is 81.2 cm³/mol. The first-order valence-corrected chi connectivity index (χ1v) is 7.00. The van der Waals surface area contributed by atoms with Gasteiger partial charge in [0, 0.05) is 12.1 Å². The monoisotopic (exact) mass is 288 g/mol. The molecule has 1 aromatic heterocycles. The van der Waals surface area contributed by atoms with Crippen molar-refractivity contribution in [2.45, 2.75) is 26.3 Å². The molecule has 2 aromatic rings. The Morgan fingerprint density at radius 1 is 1.19 bits per heavy atom. The molecule has 0 bridgehead atoms. The SMILES string of the molecule is CCc1ccc(CNc2ccc(OCCC(N)=O)cc2)o1. The lowest BCUT2D eigenvalue weighted by atomic mass is 10.3. The van der Waals surface area contributed by atoms with Crippen LogP contribution in [-0.2, 0) is 17.8 Å². The number of nitrogens with two attached hydrogens (primary N) is 1. The minimum atomic E-state index is -0.363. The van der Waals surface area contributed by atoms with Gasteiger partial charge in [-0.2, -0.15) is 0 Å². The molecule has 0 unspecified atom stereocenters. The van der Waals surface area contributed by atoms with Crippen molar-refractivity contribution in [3.63, 3.8) is 0 Å². The summed E-state index contributed by atoms with van der Waals surface area (Å²) in [6.45, 7) is 3.00. The van der Waals surface area contributed by atoms with Crippen LogP contribution in [0.15, 0.2) is 40.8 Å². The fourth-order valence-electron chi connectivity index (χ4n) is 1.84. The maximum Gasteiger partial charge on any atom is 0.220 e. The van der Waals surface area contributed by atoms with Gasteiger partial charge in [-0.25, -0.2) is 0 Å². The summed E-state index contributed by atoms with van der Waals surface area (Å²) in [4.78, 5) is 10.6. The number of aryl methyl sites for hydroxylation is 1. The van der Waals surface area contributed by atoms with Crippen LogP contribution in [0.25, 0.3) is 0 Å². The molecule has 0 atom stereocenters. The van der Waals surface area contributed by atoms with E-state index in [1.807, 2.05) is 36.4 Å². The van der Waals surface area contributed by atoms with Crippen molar-refractivity contribution in [1.82, 2.24) is 0 Å². The van der Waals surface area contributed by atoms with Gasteiger partial charge in [-0.05, 0) is 36.4 Å². The van der Waals surface area contributed by atoms with Crippen LogP contribution in [0.2, 0.25) is 0 Å². The van der Waals surface area contributed by atoms with E-state index in [0.29, 0.717) is 18.9 Å². The molecule has 0 aliphatic carbocycles. The normalized spacial score (nSPS) is 10.3. The highest BCUT2D eigenvalue weighted by molar-refractivity contribution is 5.73. The fourth-order valence-corrected chi connectivity index (χ4v) is 1.84. The van der Waals surface area contributed by atoms with E-state index < -0.39 is 0 Å². The zero-order valence-electron chi connectivity index (χ0n) is 12.1. The van der Waals surface area contributed by atoms with Gasteiger partial charge in [0.25, 0.3) is 0 Å². The Kier molecular flexibility index (Phi) is 5.26. The Hall–Kier alpha value is -2.43. The van der Waals surface area contributed by atoms with Crippen molar-refractivity contribution in [3.8, 4) is 5.75 Å². The fraction of sp³-hybridized carbons (Fsp3) is 0.312. The highest BCUT2D eigenvalue weighted by Crippen LogP contribution is 2.17. The first kappa shape index (κ1) is 15.0. The Morgan fingerprint density at radius 3 is 2.52 bits per heavy atom. The summed E-state index contributed by atoms with van der Waals surface area (Å²) in [6, 6.07) is 11.5. The van der Waals surface area contributed by atoms with Crippen LogP contribution in [0.1, 0.15) is 24.9 Å². The van der Waals surface area contributed by atoms with Gasteiger partial charge in [0.1, 0.15) is 17.3 Å². The van der Waals surface area contributed by atoms with Crippen molar-refractivity contribution in [2.24, 2.45) is 5.73 Å². The number of furan rings is 1. The van der Waals surface area contributed by atoms with Gasteiger partial charge in [-0.15, -0.1) is 0 Å². The highest BCUT2D eigenvalue weighted by atomic mass is 16.5. The van der Waals surface area contributed by atoms with E-state index in [4.69, 9.17) is 14.9 Å². The zero-order chi connectivity index (χ0) is 15.1. The lowest BCUT2D eigenvalue weighted by molar-refractivity contribution is -0.118. The number of primary amides is 1. The minimum Gasteiger partial charge on any atom is -0.493 e. The van der Waals surface area contributed by atoms with E-state index in [1.165, 1.54) is 0 Å². The molecule has 112 valence electrons. The second-order valence-electron chi connectivity index (χ2n) is 4.66. The summed E-state index contributed by atoms with van der Waals surface area (Å²) in [5, 5.41) is 3.28. The largest absolute Gasteiger partial charge is 0.493 e. The Morgan fingerprint density at radius 2 is 1.90 bits per heavy atom. The smallest absolute Gasteiger partial charge is 0.220 e. The van der Waals surface area contributed by atoms with Gasteiger partial charge in [0.15, 0.2) is 0 Å². The molecule has 21 heavy (non-hydrogen) atoms. The Bertz CT molecular complexity index is 575. The highest BCUT2D eigenvalue weighted by Gasteiger charge is 2.01. The summed E-state index contributed by atoms with van der Waals surface area (Å²) in [6.07, 6.45) is 1.12. The van der Waals surface area contributed by atoms with E-state index in [2.05, 4.69) is 12.2 Å². The summed E-state index contributed by atoms with van der Waals surface area (Å²) in [5.74, 6) is 2.25. The van der Waals surface area contributed by atoms with Gasteiger partial charge < -0.3 is 20.2 Å². The van der Waals surface area contributed by atoms with E-state index in [-0.39, 0.29) is 12.3 Å². The Labute approximate surface area is 124 Å². The predicted octanol–water partition coefficient (Wildman–Crippen LogP) is 2.71. The van der Waals surface area contributed by atoms with E-state index in [9.17, 15) is 4.79 Å². The van der Waals surface area contributed by atoms with Crippen molar-refractivity contribution < 1.29 is 13.9 Å². The second kappa shape index (κ2) is 7.38. The van der Waals surface area contributed by atoms with Crippen LogP contribution < -0.4 is 15.8 Å². The maximum absolute atomic E-state index is 10.6. The number of nitrogens with one attached hydrogen (secondary N) is 1. The number of hydrogen-bond donors (Lipinski definition) is 2. The Balaban J connectivity index is 1.80. The number of rotatable bonds is 8. The van der Waals surface area contributed by atoms with Gasteiger partial charge >= 0.3 is 0 Å². The van der Waals surface area contributed by atoms with Gasteiger partial charge in [-0.1, -0.05) is 6.92 Å². The van der Waals surface area contributed by atoms with Gasteiger partial charge in [0.2, 0.25) is 5.91 Å². The standard InChI is InChI=1S/C16H20N2O3/c1-2-13-7-8-15(21-13)11-18-12-3-5-14(6-4-12)20-10-9-16(17)19/h3-8,18H,2,9-11H2,1H3,(H2,17,19). The number of carbonyl (C=O) groups is 1. The van der Waals surface area contributed by atoms with Crippen LogP contribution in [0.4, 0.5) is 5.69 Å². The van der Waals surface area contributed by atoms with Crippen LogP contribution in [0, 0.1) is 0 Å². The van der Waals surface area contributed by atoms with E-state index in [0.717, 1.165) is 23.6 Å². The van der Waals surface area contributed by atoms with Crippen LogP contribution in [0.5, 0.6) is 5.75 Å². The molecule has 1 heterocycles. The molecule has 5 nitrogen and oxygen atoms in total. The number of amides is 1. The van der Waals surface area contributed by atoms with Crippen molar-refractivity contribution in [1.29, 1.82) is 0 Å². The third-order valence-electron chi connectivity index (χ3n) is 3.00. The maximum atomic E-state index is 10.6. The minimum absolute atomic E-state index is 0.220. The molecule has 1 aromatic carbocycles. The lowest BCUT2D eigenvalue weighted by Gasteiger charge is -2.07. The summed E-state index contributed by atoms with van der Waals surface area (Å²) >= 11 is 0. The molecule has 0 fully saturated rings. The molecule has 1 amide bonds. The summed E-state index contributed by atoms with van der Waals surface area (Å²) in [5.41, 5.74) is 6.03. The zero-order valence-corrected chi connectivity index (χ0v) is 12.1. The molecule has 0 aliphatic rings. The number of carbonyl (C=O) groups excluding carboxylic acids is 1. The molecule has 0 saturated heterocycles. The lowest BCUT2D eigenvalue weighted by Crippen LogP contribution is -2.14. The van der Waals surface area contributed by atoms with Crippen LogP contribution in [0.3, 0.4) is 0 Å². The first-order valence-electron chi connectivity index (χ1n) is 7.00. The van der Waals surface area contributed by atoms with E-state index >= 15 is 0 Å². The average Bonchev–Trinajstić information content (AvgIpc) is 2.94. The first-order chi connectivity index (χ1) is 10.2. The molecule has 2 rings (SSSR count). The summed E-state index contributed by atoms with van der Waals surface area (Å²) < 4.78 is 11.0. The molecule has 3 N–H and O–H groups in total. The molecule has 5 heteroatoms. The number of hydrogen-bond acceptors (Lipinski definition) is 4. The molecule has 0 spiro atoms. The molecular weight excluding hydrogens is 268 g/mol. The van der Waals surface area contributed by atoms with Crippen molar-refractivity contribution in [2.75, 3.05) is 11.9 Å². The number of benzene rings is 1. The van der Waals surface area contributed by atoms with Crippen LogP contribution in [-0.4, -0.2) is 12.5 Å². The van der Waals surface area contributed by atoms with Gasteiger partial charge in [0.05, 0.1) is 19.6 Å². The number of ether oxygens (including phenoxy) is 1. The second-order valence-corrected chi connectivity index (χ2v) is 4.66. The molecule has 0 radical (unpaired) electrons. The van der Waals surface area contributed by atoms with Crippen molar-refractivity contribution >= 4 is 11.6 Å². The topological polar surface area (TPSA) is 77.5 Å². The third-order valence-corrected chi connectivity index (χ3v) is 3.00.